The topological polar surface area (TPSA) is 29.9 Å². The van der Waals surface area contributed by atoms with E-state index in [4.69, 9.17) is 0 Å². The van der Waals surface area contributed by atoms with Gasteiger partial charge in [0.05, 0.1) is 11.4 Å². The summed E-state index contributed by atoms with van der Waals surface area (Å²) in [6.45, 7) is 3.19. The Morgan fingerprint density at radius 1 is 1.19 bits per heavy atom. The molecule has 2 atom stereocenters. The summed E-state index contributed by atoms with van der Waals surface area (Å²) in [5, 5.41) is 8.35. The Morgan fingerprint density at radius 3 is 2.86 bits per heavy atom. The molecular weight excluding hydrogens is 258 g/mol. The van der Waals surface area contributed by atoms with Crippen molar-refractivity contribution in [2.24, 2.45) is 5.92 Å². The van der Waals surface area contributed by atoms with E-state index in [1.54, 1.807) is 0 Å². The summed E-state index contributed by atoms with van der Waals surface area (Å²) < 4.78 is 1.95. The van der Waals surface area contributed by atoms with Gasteiger partial charge in [-0.25, -0.2) is 4.68 Å². The molecule has 1 fully saturated rings. The lowest BCUT2D eigenvalue weighted by Crippen LogP contribution is -2.33. The molecule has 2 aromatic rings. The van der Waals surface area contributed by atoms with Crippen LogP contribution in [0.2, 0.25) is 0 Å². The second-order valence-electron chi connectivity index (χ2n) is 6.11. The van der Waals surface area contributed by atoms with Crippen molar-refractivity contribution in [2.75, 3.05) is 0 Å². The molecule has 1 aliphatic rings. The van der Waals surface area contributed by atoms with Crippen molar-refractivity contribution in [3.63, 3.8) is 0 Å². The monoisotopic (exact) mass is 283 g/mol. The van der Waals surface area contributed by atoms with E-state index in [1.165, 1.54) is 32.1 Å². The molecule has 1 aliphatic carbocycles. The molecule has 0 bridgehead atoms. The summed E-state index contributed by atoms with van der Waals surface area (Å²) >= 11 is 0. The number of hydrogen-bond donors (Lipinski definition) is 1. The molecule has 3 rings (SSSR count). The largest absolute Gasteiger partial charge is 0.308 e. The molecule has 0 radical (unpaired) electrons. The van der Waals surface area contributed by atoms with Crippen molar-refractivity contribution in [1.29, 1.82) is 0 Å². The molecule has 1 saturated carbocycles. The maximum absolute atomic E-state index is 4.66. The van der Waals surface area contributed by atoms with Crippen molar-refractivity contribution in [3.05, 3.63) is 48.3 Å². The van der Waals surface area contributed by atoms with Gasteiger partial charge >= 0.3 is 0 Å². The zero-order chi connectivity index (χ0) is 14.5. The first-order chi connectivity index (χ1) is 10.3. The second-order valence-corrected chi connectivity index (χ2v) is 6.11. The molecule has 1 heterocycles. The minimum absolute atomic E-state index is 0.672. The lowest BCUT2D eigenvalue weighted by Gasteiger charge is -2.29. The number of para-hydroxylation sites is 1. The van der Waals surface area contributed by atoms with Crippen LogP contribution in [0.4, 0.5) is 0 Å². The number of benzene rings is 1. The van der Waals surface area contributed by atoms with Gasteiger partial charge in [-0.2, -0.15) is 5.10 Å². The van der Waals surface area contributed by atoms with Crippen LogP contribution in [-0.2, 0) is 6.54 Å². The van der Waals surface area contributed by atoms with Crippen molar-refractivity contribution in [2.45, 2.75) is 51.6 Å². The minimum atomic E-state index is 0.672. The van der Waals surface area contributed by atoms with E-state index in [9.17, 15) is 0 Å². The second kappa shape index (κ2) is 6.90. The van der Waals surface area contributed by atoms with Crippen LogP contribution in [0.1, 0.15) is 44.7 Å². The molecule has 0 amide bonds. The highest BCUT2D eigenvalue weighted by Gasteiger charge is 2.20. The first kappa shape index (κ1) is 14.3. The summed E-state index contributed by atoms with van der Waals surface area (Å²) in [5.74, 6) is 0.915. The average Bonchev–Trinajstić information content (AvgIpc) is 3.03. The van der Waals surface area contributed by atoms with Gasteiger partial charge < -0.3 is 5.32 Å². The highest BCUT2D eigenvalue weighted by Crippen LogP contribution is 2.26. The third kappa shape index (κ3) is 3.73. The number of nitrogens with one attached hydrogen (secondary N) is 1. The molecule has 0 aliphatic heterocycles. The predicted octanol–water partition coefficient (Wildman–Crippen LogP) is 3.93. The van der Waals surface area contributed by atoms with Gasteiger partial charge in [-0.05, 0) is 37.0 Å². The molecule has 3 heteroatoms. The number of aromatic nitrogens is 2. The molecule has 2 unspecified atom stereocenters. The first-order valence-electron chi connectivity index (χ1n) is 8.18. The zero-order valence-electron chi connectivity index (χ0n) is 12.8. The maximum atomic E-state index is 4.66. The fourth-order valence-electron chi connectivity index (χ4n) is 3.28. The van der Waals surface area contributed by atoms with Crippen LogP contribution in [0.15, 0.2) is 42.6 Å². The lowest BCUT2D eigenvalue weighted by atomic mass is 9.84. The van der Waals surface area contributed by atoms with Gasteiger partial charge in [0.2, 0.25) is 0 Å². The van der Waals surface area contributed by atoms with Gasteiger partial charge in [0.1, 0.15) is 0 Å². The Bertz CT molecular complexity index is 547. The van der Waals surface area contributed by atoms with Crippen LogP contribution in [0.5, 0.6) is 0 Å². The van der Waals surface area contributed by atoms with Gasteiger partial charge in [0.15, 0.2) is 0 Å². The van der Waals surface area contributed by atoms with Crippen LogP contribution in [0, 0.1) is 5.92 Å². The Labute approximate surface area is 127 Å². The van der Waals surface area contributed by atoms with Crippen molar-refractivity contribution < 1.29 is 0 Å². The Kier molecular flexibility index (Phi) is 4.71. The standard InChI is InChI=1S/C18H25N3/c1-2-15-7-6-8-16(13-15)19-14-17-11-12-21(20-17)18-9-4-3-5-10-18/h3-5,9-12,15-16,19H,2,6-8,13-14H2,1H3. The van der Waals surface area contributed by atoms with Crippen LogP contribution in [-0.4, -0.2) is 15.8 Å². The van der Waals surface area contributed by atoms with Crippen molar-refractivity contribution in [1.82, 2.24) is 15.1 Å². The van der Waals surface area contributed by atoms with Crippen LogP contribution in [0.3, 0.4) is 0 Å². The SMILES string of the molecule is CCC1CCCC(NCc2ccn(-c3ccccc3)n2)C1. The maximum Gasteiger partial charge on any atom is 0.0766 e. The summed E-state index contributed by atoms with van der Waals surface area (Å²) in [7, 11) is 0. The molecule has 3 nitrogen and oxygen atoms in total. The highest BCUT2D eigenvalue weighted by atomic mass is 15.3. The van der Waals surface area contributed by atoms with E-state index in [0.29, 0.717) is 6.04 Å². The Hall–Kier alpha value is -1.61. The normalized spacial score (nSPS) is 22.3. The quantitative estimate of drug-likeness (QED) is 0.901. The van der Waals surface area contributed by atoms with E-state index in [1.807, 2.05) is 29.1 Å². The molecule has 1 N–H and O–H groups in total. The molecular formula is C18H25N3. The van der Waals surface area contributed by atoms with Crippen LogP contribution < -0.4 is 5.32 Å². The highest BCUT2D eigenvalue weighted by molar-refractivity contribution is 5.30. The van der Waals surface area contributed by atoms with Gasteiger partial charge in [-0.15, -0.1) is 0 Å². The summed E-state index contributed by atoms with van der Waals surface area (Å²) in [6.07, 6.45) is 8.79. The van der Waals surface area contributed by atoms with E-state index in [2.05, 4.69) is 35.5 Å². The van der Waals surface area contributed by atoms with Gasteiger partial charge in [0.25, 0.3) is 0 Å². The van der Waals surface area contributed by atoms with Crippen LogP contribution in [0.25, 0.3) is 5.69 Å². The smallest absolute Gasteiger partial charge is 0.0766 e. The van der Waals surface area contributed by atoms with Crippen molar-refractivity contribution in [3.8, 4) is 5.69 Å². The van der Waals surface area contributed by atoms with E-state index >= 15 is 0 Å². The number of nitrogens with zero attached hydrogens (tertiary/aromatic N) is 2. The molecule has 21 heavy (non-hydrogen) atoms. The van der Waals surface area contributed by atoms with E-state index < -0.39 is 0 Å². The van der Waals surface area contributed by atoms with Crippen LogP contribution >= 0.6 is 0 Å². The van der Waals surface area contributed by atoms with Gasteiger partial charge in [0, 0.05) is 18.8 Å². The molecule has 112 valence electrons. The zero-order valence-corrected chi connectivity index (χ0v) is 12.8. The van der Waals surface area contributed by atoms with Gasteiger partial charge in [-0.3, -0.25) is 0 Å². The number of hydrogen-bond acceptors (Lipinski definition) is 2. The fourth-order valence-corrected chi connectivity index (χ4v) is 3.28. The Balaban J connectivity index is 1.55. The summed E-state index contributed by atoms with van der Waals surface area (Å²) in [4.78, 5) is 0. The minimum Gasteiger partial charge on any atom is -0.308 e. The molecule has 0 spiro atoms. The lowest BCUT2D eigenvalue weighted by molar-refractivity contribution is 0.277. The van der Waals surface area contributed by atoms with E-state index in [-0.39, 0.29) is 0 Å². The third-order valence-corrected chi connectivity index (χ3v) is 4.60. The molecule has 1 aromatic carbocycles. The third-order valence-electron chi connectivity index (χ3n) is 4.60. The molecule has 0 saturated heterocycles. The Morgan fingerprint density at radius 2 is 2.05 bits per heavy atom. The number of rotatable bonds is 5. The first-order valence-corrected chi connectivity index (χ1v) is 8.18. The predicted molar refractivity (Wildman–Crippen MR) is 86.4 cm³/mol. The van der Waals surface area contributed by atoms with Crippen molar-refractivity contribution >= 4 is 0 Å². The molecule has 1 aromatic heterocycles. The average molecular weight is 283 g/mol. The van der Waals surface area contributed by atoms with Gasteiger partial charge in [-0.1, -0.05) is 44.4 Å². The fraction of sp³-hybridized carbons (Fsp3) is 0.500. The summed E-state index contributed by atoms with van der Waals surface area (Å²) in [5.41, 5.74) is 2.24. The summed E-state index contributed by atoms with van der Waals surface area (Å²) in [6, 6.07) is 13.1. The van der Waals surface area contributed by atoms with E-state index in [0.717, 1.165) is 23.8 Å².